The second kappa shape index (κ2) is 5.19. The van der Waals surface area contributed by atoms with Crippen molar-refractivity contribution in [3.63, 3.8) is 0 Å². The Morgan fingerprint density at radius 2 is 1.95 bits per heavy atom. The molecule has 0 aliphatic carbocycles. The van der Waals surface area contributed by atoms with E-state index in [-0.39, 0.29) is 0 Å². The van der Waals surface area contributed by atoms with Crippen molar-refractivity contribution in [3.05, 3.63) is 51.9 Å². The van der Waals surface area contributed by atoms with E-state index in [1.54, 1.807) is 6.20 Å². The van der Waals surface area contributed by atoms with E-state index in [1.807, 2.05) is 16.7 Å². The van der Waals surface area contributed by atoms with Crippen LogP contribution >= 0.6 is 27.5 Å². The molecule has 0 amide bonds. The molecule has 0 radical (unpaired) electrons. The number of rotatable bonds is 2. The molecule has 0 aliphatic heterocycles. The van der Waals surface area contributed by atoms with Gasteiger partial charge >= 0.3 is 0 Å². The van der Waals surface area contributed by atoms with Crippen LogP contribution in [-0.4, -0.2) is 14.5 Å². The summed E-state index contributed by atoms with van der Waals surface area (Å²) in [6.07, 6.45) is 1.77. The lowest BCUT2D eigenvalue weighted by molar-refractivity contribution is 0.965. The second-order valence-electron chi connectivity index (χ2n) is 4.74. The summed E-state index contributed by atoms with van der Waals surface area (Å²) in [5.41, 5.74) is 5.10. The van der Waals surface area contributed by atoms with Gasteiger partial charge in [-0.3, -0.25) is 4.57 Å². The molecule has 0 atom stereocenters. The summed E-state index contributed by atoms with van der Waals surface area (Å²) in [7, 11) is 0. The number of fused-ring (bicyclic) bond motifs is 1. The highest BCUT2D eigenvalue weighted by molar-refractivity contribution is 9.10. The van der Waals surface area contributed by atoms with Crippen LogP contribution in [0.1, 0.15) is 17.0 Å². The minimum absolute atomic E-state index is 0.352. The van der Waals surface area contributed by atoms with Crippen LogP contribution in [0.4, 0.5) is 0 Å². The fourth-order valence-corrected chi connectivity index (χ4v) is 2.78. The van der Waals surface area contributed by atoms with Crippen LogP contribution in [0, 0.1) is 13.8 Å². The van der Waals surface area contributed by atoms with Gasteiger partial charge in [0.15, 0.2) is 5.65 Å². The minimum Gasteiger partial charge on any atom is -0.280 e. The van der Waals surface area contributed by atoms with Crippen molar-refractivity contribution >= 4 is 38.7 Å². The summed E-state index contributed by atoms with van der Waals surface area (Å²) in [6.45, 7) is 4.15. The molecule has 0 N–H and O–H groups in total. The molecule has 0 saturated carbocycles. The summed E-state index contributed by atoms with van der Waals surface area (Å²) in [5.74, 6) is 1.16. The number of halogens is 2. The van der Waals surface area contributed by atoms with Gasteiger partial charge in [0.25, 0.3) is 0 Å². The number of aryl methyl sites for hydroxylation is 2. The Kier molecular flexibility index (Phi) is 3.52. The number of nitrogens with zero attached hydrogens (tertiary/aromatic N) is 3. The highest BCUT2D eigenvalue weighted by Gasteiger charge is 2.14. The smallest absolute Gasteiger partial charge is 0.164 e. The first-order valence-electron chi connectivity index (χ1n) is 6.27. The van der Waals surface area contributed by atoms with Crippen molar-refractivity contribution in [3.8, 4) is 5.69 Å². The van der Waals surface area contributed by atoms with E-state index in [1.165, 1.54) is 11.1 Å². The number of imidazole rings is 1. The van der Waals surface area contributed by atoms with Gasteiger partial charge in [0.05, 0.1) is 5.88 Å². The minimum atomic E-state index is 0.352. The van der Waals surface area contributed by atoms with Gasteiger partial charge in [-0.2, -0.15) is 0 Å². The van der Waals surface area contributed by atoms with Crippen LogP contribution < -0.4 is 0 Å². The van der Waals surface area contributed by atoms with Crippen molar-refractivity contribution < 1.29 is 0 Å². The van der Waals surface area contributed by atoms with Crippen molar-refractivity contribution in [2.45, 2.75) is 19.7 Å². The number of benzene rings is 1. The SMILES string of the molecule is Cc1cc(-n2c(CCl)nc3cccnc32)cc(C)c1Br. The van der Waals surface area contributed by atoms with Crippen molar-refractivity contribution in [2.75, 3.05) is 0 Å². The van der Waals surface area contributed by atoms with E-state index >= 15 is 0 Å². The molecule has 2 aromatic heterocycles. The van der Waals surface area contributed by atoms with E-state index in [4.69, 9.17) is 11.6 Å². The van der Waals surface area contributed by atoms with E-state index < -0.39 is 0 Å². The Morgan fingerprint density at radius 1 is 1.25 bits per heavy atom. The average Bonchev–Trinajstić information content (AvgIpc) is 2.82. The molecule has 3 nitrogen and oxygen atoms in total. The van der Waals surface area contributed by atoms with Crippen molar-refractivity contribution in [1.82, 2.24) is 14.5 Å². The molecule has 3 aromatic rings. The van der Waals surface area contributed by atoms with Gasteiger partial charge in [-0.05, 0) is 49.2 Å². The van der Waals surface area contributed by atoms with Crippen LogP contribution in [-0.2, 0) is 5.88 Å². The molecule has 0 spiro atoms. The molecule has 0 fully saturated rings. The van der Waals surface area contributed by atoms with Crippen molar-refractivity contribution in [2.24, 2.45) is 0 Å². The molecule has 5 heteroatoms. The standard InChI is InChI=1S/C15H13BrClN3/c1-9-6-11(7-10(2)14(9)16)20-13(8-17)19-12-4-3-5-18-15(12)20/h3-7H,8H2,1-2H3. The molecule has 0 aliphatic rings. The normalized spacial score (nSPS) is 11.2. The number of hydrogen-bond acceptors (Lipinski definition) is 2. The van der Waals surface area contributed by atoms with Gasteiger partial charge in [-0.1, -0.05) is 15.9 Å². The molecule has 0 saturated heterocycles. The summed E-state index contributed by atoms with van der Waals surface area (Å²) in [6, 6.07) is 8.06. The van der Waals surface area contributed by atoms with Gasteiger partial charge in [0.1, 0.15) is 11.3 Å². The third-order valence-corrected chi connectivity index (χ3v) is 4.77. The maximum absolute atomic E-state index is 6.04. The topological polar surface area (TPSA) is 30.7 Å². The Balaban J connectivity index is 2.33. The number of hydrogen-bond donors (Lipinski definition) is 0. The number of alkyl halides is 1. The Hall–Kier alpha value is -1.39. The third kappa shape index (κ3) is 2.13. The first kappa shape index (κ1) is 13.6. The molecule has 3 rings (SSSR count). The Labute approximate surface area is 130 Å². The lowest BCUT2D eigenvalue weighted by Crippen LogP contribution is -2.01. The fourth-order valence-electron chi connectivity index (χ4n) is 2.37. The summed E-state index contributed by atoms with van der Waals surface area (Å²) < 4.78 is 3.15. The van der Waals surface area contributed by atoms with Gasteiger partial charge < -0.3 is 0 Å². The molecule has 20 heavy (non-hydrogen) atoms. The summed E-state index contributed by atoms with van der Waals surface area (Å²) in [4.78, 5) is 8.98. The first-order valence-corrected chi connectivity index (χ1v) is 7.60. The predicted octanol–water partition coefficient (Wildman–Crippen LogP) is 4.54. The maximum atomic E-state index is 6.04. The second-order valence-corrected chi connectivity index (χ2v) is 5.80. The quantitative estimate of drug-likeness (QED) is 0.635. The van der Waals surface area contributed by atoms with E-state index in [0.717, 1.165) is 27.1 Å². The zero-order chi connectivity index (χ0) is 14.3. The van der Waals surface area contributed by atoms with Crippen LogP contribution in [0.5, 0.6) is 0 Å². The molecule has 1 aromatic carbocycles. The zero-order valence-corrected chi connectivity index (χ0v) is 13.5. The fraction of sp³-hybridized carbons (Fsp3) is 0.200. The average molecular weight is 351 g/mol. The first-order chi connectivity index (χ1) is 9.61. The number of pyridine rings is 1. The monoisotopic (exact) mass is 349 g/mol. The van der Waals surface area contributed by atoms with Crippen molar-refractivity contribution in [1.29, 1.82) is 0 Å². The van der Waals surface area contributed by atoms with Gasteiger partial charge in [0, 0.05) is 16.4 Å². The largest absolute Gasteiger partial charge is 0.280 e. The van der Waals surface area contributed by atoms with E-state index in [2.05, 4.69) is 51.9 Å². The predicted molar refractivity (Wildman–Crippen MR) is 85.6 cm³/mol. The third-order valence-electron chi connectivity index (χ3n) is 3.28. The van der Waals surface area contributed by atoms with Crippen LogP contribution in [0.3, 0.4) is 0 Å². The molecule has 0 bridgehead atoms. The molecule has 2 heterocycles. The van der Waals surface area contributed by atoms with E-state index in [9.17, 15) is 0 Å². The zero-order valence-electron chi connectivity index (χ0n) is 11.2. The molecule has 102 valence electrons. The molecular weight excluding hydrogens is 338 g/mol. The molecule has 0 unspecified atom stereocenters. The van der Waals surface area contributed by atoms with Crippen LogP contribution in [0.2, 0.25) is 0 Å². The Bertz CT molecular complexity index is 772. The number of aromatic nitrogens is 3. The highest BCUT2D eigenvalue weighted by Crippen LogP contribution is 2.27. The lowest BCUT2D eigenvalue weighted by Gasteiger charge is -2.11. The maximum Gasteiger partial charge on any atom is 0.164 e. The Morgan fingerprint density at radius 3 is 2.60 bits per heavy atom. The molecular formula is C15H13BrClN3. The summed E-state index contributed by atoms with van der Waals surface area (Å²) in [5, 5.41) is 0. The van der Waals surface area contributed by atoms with Crippen LogP contribution in [0.15, 0.2) is 34.9 Å². The van der Waals surface area contributed by atoms with Crippen LogP contribution in [0.25, 0.3) is 16.9 Å². The van der Waals surface area contributed by atoms with Gasteiger partial charge in [0.2, 0.25) is 0 Å². The lowest BCUT2D eigenvalue weighted by atomic mass is 10.1. The van der Waals surface area contributed by atoms with E-state index in [0.29, 0.717) is 5.88 Å². The van der Waals surface area contributed by atoms with Gasteiger partial charge in [-0.25, -0.2) is 9.97 Å². The van der Waals surface area contributed by atoms with Gasteiger partial charge in [-0.15, -0.1) is 11.6 Å². The summed E-state index contributed by atoms with van der Waals surface area (Å²) >= 11 is 9.64. The highest BCUT2D eigenvalue weighted by atomic mass is 79.9.